The van der Waals surface area contributed by atoms with Gasteiger partial charge in [0, 0.05) is 42.9 Å². The molecule has 1 atom stereocenters. The minimum Gasteiger partial charge on any atom is -0.353 e. The van der Waals surface area contributed by atoms with E-state index in [2.05, 4.69) is 53.0 Å². The van der Waals surface area contributed by atoms with Crippen molar-refractivity contribution in [1.29, 1.82) is 0 Å². The van der Waals surface area contributed by atoms with E-state index >= 15 is 0 Å². The molecule has 38 heavy (non-hydrogen) atoms. The summed E-state index contributed by atoms with van der Waals surface area (Å²) in [6.45, 7) is 10.9. The van der Waals surface area contributed by atoms with Gasteiger partial charge in [0.25, 0.3) is 0 Å². The Hall–Kier alpha value is -2.98. The van der Waals surface area contributed by atoms with Crippen LogP contribution in [0.5, 0.6) is 0 Å². The second-order valence-electron chi connectivity index (χ2n) is 9.44. The summed E-state index contributed by atoms with van der Waals surface area (Å²) in [5.41, 5.74) is 1.31. The summed E-state index contributed by atoms with van der Waals surface area (Å²) in [6.07, 6.45) is 2.44. The lowest BCUT2D eigenvalue weighted by atomic mass is 10.0. The Bertz CT molecular complexity index is 1270. The number of rotatable bonds is 11. The van der Waals surface area contributed by atoms with Gasteiger partial charge in [-0.1, -0.05) is 18.2 Å². The third-order valence-electron chi connectivity index (χ3n) is 5.92. The van der Waals surface area contributed by atoms with Gasteiger partial charge in [-0.2, -0.15) is 18.3 Å². The number of halogens is 5. The van der Waals surface area contributed by atoms with Gasteiger partial charge in [-0.15, -0.1) is 11.6 Å². The maximum absolute atomic E-state index is 13.4. The first kappa shape index (κ1) is 29.6. The van der Waals surface area contributed by atoms with Gasteiger partial charge in [0.15, 0.2) is 0 Å². The fraction of sp³-hybridized carbons (Fsp3) is 0.444. The minimum atomic E-state index is -4.54. The molecule has 6 nitrogen and oxygen atoms in total. The highest BCUT2D eigenvalue weighted by molar-refractivity contribution is 6.22. The standard InChI is InChI=1S/C27H33ClF4N6/c1-17(2)37(18(3)4)14-13-34-26-33-12-10-22(35-26)24-23-9-8-21(27(30,31)32)16-38(23)36-25(24)20(7-6-11-29)15-19(5)28/h6-10,12,15-19H,11,13-14H2,1-5H3,(H,33,34,35)/b7-6?,20-15+. The van der Waals surface area contributed by atoms with E-state index in [4.69, 9.17) is 11.6 Å². The highest BCUT2D eigenvalue weighted by atomic mass is 35.5. The lowest BCUT2D eigenvalue weighted by Gasteiger charge is -2.30. The van der Waals surface area contributed by atoms with Gasteiger partial charge < -0.3 is 5.32 Å². The first-order chi connectivity index (χ1) is 17.9. The van der Waals surface area contributed by atoms with Gasteiger partial charge in [-0.3, -0.25) is 4.90 Å². The summed E-state index contributed by atoms with van der Waals surface area (Å²) in [5, 5.41) is 7.25. The molecule has 11 heteroatoms. The molecular weight excluding hydrogens is 520 g/mol. The molecule has 3 aromatic rings. The number of hydrogen-bond donors (Lipinski definition) is 1. The number of anilines is 1. The molecule has 0 bridgehead atoms. The second kappa shape index (κ2) is 12.7. The topological polar surface area (TPSA) is 58.4 Å². The van der Waals surface area contributed by atoms with E-state index in [0.717, 1.165) is 18.8 Å². The molecule has 0 aliphatic carbocycles. The summed E-state index contributed by atoms with van der Waals surface area (Å²) in [5.74, 6) is 0.378. The lowest BCUT2D eigenvalue weighted by Crippen LogP contribution is -2.40. The first-order valence-electron chi connectivity index (χ1n) is 12.4. The smallest absolute Gasteiger partial charge is 0.353 e. The van der Waals surface area contributed by atoms with Crippen molar-refractivity contribution in [3.05, 3.63) is 60.1 Å². The van der Waals surface area contributed by atoms with Crippen LogP contribution in [0.2, 0.25) is 0 Å². The molecule has 1 N–H and O–H groups in total. The molecule has 0 saturated heterocycles. The Balaban J connectivity index is 2.09. The fourth-order valence-electron chi connectivity index (χ4n) is 4.30. The normalized spacial score (nSPS) is 14.0. The van der Waals surface area contributed by atoms with E-state index in [1.807, 2.05) is 0 Å². The van der Waals surface area contributed by atoms with Crippen molar-refractivity contribution in [3.8, 4) is 11.3 Å². The molecule has 0 spiro atoms. The highest BCUT2D eigenvalue weighted by Crippen LogP contribution is 2.35. The maximum atomic E-state index is 13.4. The van der Waals surface area contributed by atoms with Gasteiger partial charge in [0.1, 0.15) is 12.4 Å². The molecular formula is C27H33ClF4N6. The molecule has 0 fully saturated rings. The number of hydrogen-bond acceptors (Lipinski definition) is 5. The third kappa shape index (κ3) is 7.32. The fourth-order valence-corrected chi connectivity index (χ4v) is 4.43. The van der Waals surface area contributed by atoms with Crippen LogP contribution in [0.15, 0.2) is 48.8 Å². The summed E-state index contributed by atoms with van der Waals surface area (Å²) in [4.78, 5) is 11.3. The van der Waals surface area contributed by atoms with Crippen molar-refractivity contribution in [3.63, 3.8) is 0 Å². The van der Waals surface area contributed by atoms with E-state index in [-0.39, 0.29) is 0 Å². The van der Waals surface area contributed by atoms with Crippen LogP contribution >= 0.6 is 11.6 Å². The Morgan fingerprint density at radius 1 is 1.13 bits per heavy atom. The zero-order chi connectivity index (χ0) is 28.0. The highest BCUT2D eigenvalue weighted by Gasteiger charge is 2.31. The van der Waals surface area contributed by atoms with Crippen LogP contribution in [0.4, 0.5) is 23.5 Å². The zero-order valence-electron chi connectivity index (χ0n) is 22.1. The predicted molar refractivity (Wildman–Crippen MR) is 145 cm³/mol. The van der Waals surface area contributed by atoms with Crippen molar-refractivity contribution in [2.24, 2.45) is 0 Å². The molecule has 0 aliphatic rings. The van der Waals surface area contributed by atoms with Crippen LogP contribution in [-0.2, 0) is 6.18 Å². The summed E-state index contributed by atoms with van der Waals surface area (Å²) in [7, 11) is 0. The van der Waals surface area contributed by atoms with Crippen molar-refractivity contribution in [2.75, 3.05) is 25.1 Å². The summed E-state index contributed by atoms with van der Waals surface area (Å²) in [6, 6.07) is 4.77. The predicted octanol–water partition coefficient (Wildman–Crippen LogP) is 6.88. The maximum Gasteiger partial charge on any atom is 0.417 e. The molecule has 0 aliphatic heterocycles. The Kier molecular flexibility index (Phi) is 9.89. The largest absolute Gasteiger partial charge is 0.417 e. The second-order valence-corrected chi connectivity index (χ2v) is 10.1. The molecule has 0 amide bonds. The lowest BCUT2D eigenvalue weighted by molar-refractivity contribution is -0.137. The van der Waals surface area contributed by atoms with Crippen LogP contribution in [0, 0.1) is 0 Å². The van der Waals surface area contributed by atoms with Crippen LogP contribution in [0.1, 0.15) is 45.9 Å². The van der Waals surface area contributed by atoms with Gasteiger partial charge in [-0.25, -0.2) is 18.9 Å². The van der Waals surface area contributed by atoms with E-state index in [1.54, 1.807) is 25.3 Å². The van der Waals surface area contributed by atoms with E-state index in [1.165, 1.54) is 22.7 Å². The van der Waals surface area contributed by atoms with Gasteiger partial charge in [0.2, 0.25) is 5.95 Å². The summed E-state index contributed by atoms with van der Waals surface area (Å²) < 4.78 is 54.4. The SMILES string of the molecule is CC(Cl)/C=C(\C=CCF)c1nn2cc(C(F)(F)F)ccc2c1-c1ccnc(NCCN(C(C)C)C(C)C)n1. The van der Waals surface area contributed by atoms with Crippen LogP contribution in [0.25, 0.3) is 22.3 Å². The average Bonchev–Trinajstić information content (AvgIpc) is 3.22. The Morgan fingerprint density at radius 3 is 2.45 bits per heavy atom. The molecule has 0 saturated carbocycles. The number of aromatic nitrogens is 4. The van der Waals surface area contributed by atoms with Crippen molar-refractivity contribution in [1.82, 2.24) is 24.5 Å². The Labute approximate surface area is 225 Å². The van der Waals surface area contributed by atoms with Crippen LogP contribution in [-0.4, -0.2) is 61.7 Å². The van der Waals surface area contributed by atoms with Crippen LogP contribution < -0.4 is 5.32 Å². The van der Waals surface area contributed by atoms with E-state index < -0.39 is 23.8 Å². The minimum absolute atomic E-state index is 0.331. The molecule has 0 aromatic carbocycles. The number of alkyl halides is 5. The molecule has 206 valence electrons. The molecule has 3 rings (SSSR count). The van der Waals surface area contributed by atoms with Crippen LogP contribution in [0.3, 0.4) is 0 Å². The number of pyridine rings is 1. The molecule has 0 radical (unpaired) electrons. The number of nitrogens with zero attached hydrogens (tertiary/aromatic N) is 5. The third-order valence-corrected chi connectivity index (χ3v) is 6.04. The molecule has 1 unspecified atom stereocenters. The number of allylic oxidation sites excluding steroid dienone is 4. The van der Waals surface area contributed by atoms with Gasteiger partial charge in [0.05, 0.1) is 22.3 Å². The number of fused-ring (bicyclic) bond motifs is 1. The monoisotopic (exact) mass is 552 g/mol. The average molecular weight is 553 g/mol. The van der Waals surface area contributed by atoms with Gasteiger partial charge >= 0.3 is 6.18 Å². The Morgan fingerprint density at radius 2 is 1.84 bits per heavy atom. The first-order valence-corrected chi connectivity index (χ1v) is 12.9. The summed E-state index contributed by atoms with van der Waals surface area (Å²) >= 11 is 6.21. The number of nitrogens with one attached hydrogen (secondary N) is 1. The van der Waals surface area contributed by atoms with Crippen molar-refractivity contribution >= 4 is 28.6 Å². The van der Waals surface area contributed by atoms with Gasteiger partial charge in [-0.05, 0) is 58.4 Å². The molecule has 3 aromatic heterocycles. The van der Waals surface area contributed by atoms with E-state index in [9.17, 15) is 17.6 Å². The zero-order valence-corrected chi connectivity index (χ0v) is 22.9. The van der Waals surface area contributed by atoms with Crippen molar-refractivity contribution in [2.45, 2.75) is 58.3 Å². The van der Waals surface area contributed by atoms with E-state index in [0.29, 0.717) is 52.6 Å². The quantitative estimate of drug-likeness (QED) is 0.160. The van der Waals surface area contributed by atoms with Crippen molar-refractivity contribution < 1.29 is 17.6 Å². The molecule has 3 heterocycles.